The monoisotopic (exact) mass is 410 g/mol. The fourth-order valence-corrected chi connectivity index (χ4v) is 3.63. The van der Waals surface area contributed by atoms with Crippen molar-refractivity contribution in [3.8, 4) is 11.3 Å². The lowest BCUT2D eigenvalue weighted by Gasteiger charge is -2.05. The Kier molecular flexibility index (Phi) is 4.70. The summed E-state index contributed by atoms with van der Waals surface area (Å²) in [5, 5.41) is 21.8. The van der Waals surface area contributed by atoms with Crippen molar-refractivity contribution in [2.45, 2.75) is 13.5 Å². The van der Waals surface area contributed by atoms with Gasteiger partial charge in [0.2, 0.25) is 0 Å². The predicted molar refractivity (Wildman–Crippen MR) is 108 cm³/mol. The number of fused-ring (bicyclic) bond motifs is 1. The highest BCUT2D eigenvalue weighted by Gasteiger charge is 2.22. The second kappa shape index (κ2) is 7.20. The first-order valence-electron chi connectivity index (χ1n) is 8.71. The maximum absolute atomic E-state index is 13.2. The molecule has 0 aliphatic carbocycles. The zero-order valence-electron chi connectivity index (χ0n) is 15.3. The van der Waals surface area contributed by atoms with Gasteiger partial charge in [0.05, 0.1) is 22.1 Å². The fourth-order valence-electron chi connectivity index (χ4n) is 3.42. The van der Waals surface area contributed by atoms with Crippen LogP contribution in [0.4, 0.5) is 5.69 Å². The summed E-state index contributed by atoms with van der Waals surface area (Å²) < 4.78 is 7.19. The van der Waals surface area contributed by atoms with Crippen molar-refractivity contribution < 1.29 is 19.2 Å². The van der Waals surface area contributed by atoms with Gasteiger partial charge in [-0.25, -0.2) is 0 Å². The molecule has 0 aliphatic rings. The summed E-state index contributed by atoms with van der Waals surface area (Å²) in [7, 11) is 0. The molecule has 0 spiro atoms. The average Bonchev–Trinajstić information content (AvgIpc) is 3.30. The molecule has 146 valence electrons. The molecule has 2 heterocycles. The molecular weight excluding hydrogens is 396 g/mol. The van der Waals surface area contributed by atoms with Gasteiger partial charge in [0.1, 0.15) is 5.76 Å². The van der Waals surface area contributed by atoms with E-state index in [9.17, 15) is 20.0 Å². The third-order valence-corrected chi connectivity index (χ3v) is 5.18. The summed E-state index contributed by atoms with van der Waals surface area (Å²) in [5.41, 5.74) is 2.14. The number of non-ortho nitro benzene ring substituents is 1. The third-order valence-electron chi connectivity index (χ3n) is 4.85. The first kappa shape index (κ1) is 18.9. The molecule has 4 rings (SSSR count). The Morgan fingerprint density at radius 1 is 1.21 bits per heavy atom. The van der Waals surface area contributed by atoms with E-state index in [4.69, 9.17) is 16.0 Å². The molecule has 1 N–H and O–H groups in total. The molecule has 4 aromatic rings. The first-order valence-corrected chi connectivity index (χ1v) is 9.08. The van der Waals surface area contributed by atoms with Gasteiger partial charge >= 0.3 is 0 Å². The lowest BCUT2D eigenvalue weighted by Crippen LogP contribution is -2.12. The molecule has 0 radical (unpaired) electrons. The largest absolute Gasteiger partial charge is 0.451 e. The third kappa shape index (κ3) is 3.10. The van der Waals surface area contributed by atoms with Crippen LogP contribution in [0.5, 0.6) is 0 Å². The van der Waals surface area contributed by atoms with Gasteiger partial charge in [-0.05, 0) is 31.2 Å². The molecule has 8 heteroatoms. The van der Waals surface area contributed by atoms with E-state index in [1.54, 1.807) is 19.1 Å². The van der Waals surface area contributed by atoms with Crippen LogP contribution in [-0.4, -0.2) is 20.5 Å². The molecule has 0 bridgehead atoms. The second-order valence-corrected chi connectivity index (χ2v) is 6.87. The number of aromatic nitrogens is 1. The van der Waals surface area contributed by atoms with Crippen molar-refractivity contribution in [2.24, 2.45) is 0 Å². The van der Waals surface area contributed by atoms with Crippen molar-refractivity contribution in [1.82, 2.24) is 4.57 Å². The summed E-state index contributed by atoms with van der Waals surface area (Å²) in [4.78, 5) is 23.7. The number of carbonyl (C=O) groups excluding carboxylic acids is 1. The summed E-state index contributed by atoms with van der Waals surface area (Å²) in [6.45, 7) is 1.56. The summed E-state index contributed by atoms with van der Waals surface area (Å²) in [6, 6.07) is 14.3. The normalized spacial score (nSPS) is 11.1. The average molecular weight is 411 g/mol. The molecule has 2 aromatic heterocycles. The molecule has 7 nitrogen and oxygen atoms in total. The zero-order chi connectivity index (χ0) is 20.7. The minimum atomic E-state index is -0.527. The Morgan fingerprint density at radius 2 is 1.97 bits per heavy atom. The predicted octanol–water partition coefficient (Wildman–Crippen LogP) is 4.95. The molecule has 2 aromatic carbocycles. The number of benzene rings is 2. The van der Waals surface area contributed by atoms with Gasteiger partial charge in [-0.15, -0.1) is 0 Å². The number of aliphatic hydroxyl groups is 1. The Bertz CT molecular complexity index is 1270. The van der Waals surface area contributed by atoms with Gasteiger partial charge in [-0.1, -0.05) is 29.8 Å². The molecule has 0 amide bonds. The number of para-hydroxylation sites is 1. The maximum atomic E-state index is 13.2. The number of aliphatic hydroxyl groups excluding tert-OH is 1. The Hall–Kier alpha value is -3.42. The van der Waals surface area contributed by atoms with Crippen LogP contribution >= 0.6 is 11.6 Å². The second-order valence-electron chi connectivity index (χ2n) is 6.46. The van der Waals surface area contributed by atoms with Crippen molar-refractivity contribution in [3.63, 3.8) is 0 Å². The Labute approximate surface area is 169 Å². The number of nitro groups is 1. The molecule has 0 saturated heterocycles. The molecule has 0 atom stereocenters. The van der Waals surface area contributed by atoms with E-state index in [0.29, 0.717) is 22.3 Å². The van der Waals surface area contributed by atoms with Crippen molar-refractivity contribution >= 4 is 34.1 Å². The van der Waals surface area contributed by atoms with Crippen molar-refractivity contribution in [1.29, 1.82) is 0 Å². The van der Waals surface area contributed by atoms with Crippen LogP contribution in [0.15, 0.2) is 59.0 Å². The summed E-state index contributed by atoms with van der Waals surface area (Å²) in [6.07, 6.45) is 0. The minimum absolute atomic E-state index is 0.0518. The highest BCUT2D eigenvalue weighted by Crippen LogP contribution is 2.33. The van der Waals surface area contributed by atoms with Crippen molar-refractivity contribution in [2.75, 3.05) is 0 Å². The molecule has 0 fully saturated rings. The van der Waals surface area contributed by atoms with E-state index in [1.807, 2.05) is 18.2 Å². The number of halogens is 1. The molecule has 0 aliphatic heterocycles. The number of hydrogen-bond acceptors (Lipinski definition) is 5. The summed E-state index contributed by atoms with van der Waals surface area (Å²) in [5.74, 6) is -0.110. The quantitative estimate of drug-likeness (QED) is 0.379. The number of hydrogen-bond donors (Lipinski definition) is 1. The van der Waals surface area contributed by atoms with Crippen LogP contribution in [0.2, 0.25) is 5.02 Å². The van der Waals surface area contributed by atoms with Crippen LogP contribution < -0.4 is 0 Å². The number of furan rings is 1. The van der Waals surface area contributed by atoms with Gasteiger partial charge in [0, 0.05) is 34.3 Å². The van der Waals surface area contributed by atoms with E-state index in [1.165, 1.54) is 28.8 Å². The van der Waals surface area contributed by atoms with Crippen LogP contribution in [0.25, 0.3) is 22.2 Å². The lowest BCUT2D eigenvalue weighted by atomic mass is 10.1. The van der Waals surface area contributed by atoms with Crippen LogP contribution in [0.1, 0.15) is 21.8 Å². The Morgan fingerprint density at radius 3 is 2.69 bits per heavy atom. The van der Waals surface area contributed by atoms with Crippen molar-refractivity contribution in [3.05, 3.63) is 86.8 Å². The molecule has 0 saturated carbocycles. The van der Waals surface area contributed by atoms with E-state index in [0.717, 1.165) is 5.39 Å². The number of nitro benzene ring substituents is 1. The van der Waals surface area contributed by atoms with E-state index in [2.05, 4.69) is 0 Å². The van der Waals surface area contributed by atoms with Crippen LogP contribution in [-0.2, 0) is 6.61 Å². The van der Waals surface area contributed by atoms with E-state index >= 15 is 0 Å². The number of nitrogens with zero attached hydrogens (tertiary/aromatic N) is 2. The fraction of sp³-hybridized carbons (Fsp3) is 0.0952. The topological polar surface area (TPSA) is 98.5 Å². The van der Waals surface area contributed by atoms with Crippen LogP contribution in [0.3, 0.4) is 0 Å². The first-order chi connectivity index (χ1) is 13.9. The van der Waals surface area contributed by atoms with Gasteiger partial charge in [-0.2, -0.15) is 0 Å². The van der Waals surface area contributed by atoms with Gasteiger partial charge in [0.25, 0.3) is 11.6 Å². The maximum Gasteiger partial charge on any atom is 0.298 e. The highest BCUT2D eigenvalue weighted by molar-refractivity contribution is 6.33. The minimum Gasteiger partial charge on any atom is -0.451 e. The molecular formula is C21H15ClN2O5. The number of carbonyl (C=O) groups is 1. The standard InChI is InChI=1S/C21H15ClN2O5/c1-12-16(11-25)14-4-2-3-5-18(14)23(12)21(26)20-9-8-19(29-20)15-10-13(24(27)28)6-7-17(15)22/h2-10,25H,11H2,1H3. The zero-order valence-corrected chi connectivity index (χ0v) is 16.0. The van der Waals surface area contributed by atoms with Gasteiger partial charge in [0.15, 0.2) is 5.76 Å². The number of rotatable bonds is 4. The highest BCUT2D eigenvalue weighted by atomic mass is 35.5. The van der Waals surface area contributed by atoms with Gasteiger partial charge < -0.3 is 9.52 Å². The van der Waals surface area contributed by atoms with E-state index < -0.39 is 10.8 Å². The smallest absolute Gasteiger partial charge is 0.298 e. The molecule has 0 unspecified atom stereocenters. The summed E-state index contributed by atoms with van der Waals surface area (Å²) >= 11 is 6.17. The lowest BCUT2D eigenvalue weighted by molar-refractivity contribution is -0.384. The van der Waals surface area contributed by atoms with Crippen LogP contribution in [0, 0.1) is 17.0 Å². The Balaban J connectivity index is 1.80. The van der Waals surface area contributed by atoms with E-state index in [-0.39, 0.29) is 28.8 Å². The SMILES string of the molecule is Cc1c(CO)c2ccccc2n1C(=O)c1ccc(-c2cc([N+](=O)[O-])ccc2Cl)o1. The molecule has 29 heavy (non-hydrogen) atoms. The van der Waals surface area contributed by atoms with Gasteiger partial charge in [-0.3, -0.25) is 19.5 Å².